The van der Waals surface area contributed by atoms with Crippen molar-refractivity contribution in [1.82, 2.24) is 15.1 Å². The molecule has 138 valence electrons. The van der Waals surface area contributed by atoms with Crippen LogP contribution in [-0.4, -0.2) is 41.3 Å². The number of nitrogens with zero attached hydrogens (tertiary/aromatic N) is 2. The van der Waals surface area contributed by atoms with Crippen molar-refractivity contribution in [2.24, 2.45) is 0 Å². The molecule has 1 unspecified atom stereocenters. The van der Waals surface area contributed by atoms with Gasteiger partial charge in [0.15, 0.2) is 0 Å². The average Bonchev–Trinajstić information content (AvgIpc) is 3.23. The second kappa shape index (κ2) is 7.32. The van der Waals surface area contributed by atoms with E-state index in [0.29, 0.717) is 24.5 Å². The van der Waals surface area contributed by atoms with Crippen molar-refractivity contribution in [3.05, 3.63) is 77.2 Å². The zero-order valence-corrected chi connectivity index (χ0v) is 15.0. The lowest BCUT2D eigenvalue weighted by atomic mass is 9.96. The van der Waals surface area contributed by atoms with Gasteiger partial charge in [-0.05, 0) is 36.2 Å². The lowest BCUT2D eigenvalue weighted by molar-refractivity contribution is 0.0723. The third-order valence-corrected chi connectivity index (χ3v) is 4.84. The maximum atomic E-state index is 13.3. The molecule has 4 rings (SSSR count). The van der Waals surface area contributed by atoms with Crippen molar-refractivity contribution in [3.63, 3.8) is 0 Å². The number of ether oxygens (including phenoxy) is 1. The van der Waals surface area contributed by atoms with Gasteiger partial charge < -0.3 is 9.64 Å². The number of halogens is 1. The number of nitrogens with one attached hydrogen (secondary N) is 1. The minimum absolute atomic E-state index is 0.0733. The van der Waals surface area contributed by atoms with Crippen LogP contribution in [0.15, 0.2) is 54.6 Å². The van der Waals surface area contributed by atoms with E-state index in [0.717, 1.165) is 23.1 Å². The van der Waals surface area contributed by atoms with Crippen molar-refractivity contribution in [2.75, 3.05) is 20.3 Å². The van der Waals surface area contributed by atoms with E-state index in [1.807, 2.05) is 35.2 Å². The van der Waals surface area contributed by atoms with Gasteiger partial charge in [0.1, 0.15) is 11.5 Å². The monoisotopic (exact) mass is 365 g/mol. The van der Waals surface area contributed by atoms with Crippen molar-refractivity contribution in [3.8, 4) is 11.3 Å². The quantitative estimate of drug-likeness (QED) is 0.676. The summed E-state index contributed by atoms with van der Waals surface area (Å²) in [6.45, 7) is 1.17. The maximum absolute atomic E-state index is 13.3. The van der Waals surface area contributed by atoms with Crippen molar-refractivity contribution in [2.45, 2.75) is 12.5 Å². The van der Waals surface area contributed by atoms with Crippen LogP contribution in [0.1, 0.15) is 34.1 Å². The Kier molecular flexibility index (Phi) is 4.73. The molecule has 0 radical (unpaired) electrons. The first kappa shape index (κ1) is 17.4. The highest BCUT2D eigenvalue weighted by molar-refractivity contribution is 6.00. The summed E-state index contributed by atoms with van der Waals surface area (Å²) in [6, 6.07) is 15.8. The van der Waals surface area contributed by atoms with E-state index >= 15 is 0 Å². The van der Waals surface area contributed by atoms with Gasteiger partial charge in [0.25, 0.3) is 5.91 Å². The first-order valence-electron chi connectivity index (χ1n) is 8.89. The number of H-pyrrole nitrogens is 1. The molecule has 0 saturated heterocycles. The third kappa shape index (κ3) is 3.13. The molecular weight excluding hydrogens is 345 g/mol. The van der Waals surface area contributed by atoms with Crippen LogP contribution >= 0.6 is 0 Å². The number of aromatic nitrogens is 2. The van der Waals surface area contributed by atoms with Crippen LogP contribution < -0.4 is 0 Å². The van der Waals surface area contributed by atoms with Crippen molar-refractivity contribution in [1.29, 1.82) is 0 Å². The number of benzene rings is 2. The molecule has 0 saturated carbocycles. The fourth-order valence-corrected chi connectivity index (χ4v) is 3.62. The van der Waals surface area contributed by atoms with Gasteiger partial charge in [0.05, 0.1) is 11.7 Å². The zero-order chi connectivity index (χ0) is 18.8. The van der Waals surface area contributed by atoms with Gasteiger partial charge in [0.2, 0.25) is 0 Å². The first-order chi connectivity index (χ1) is 13.2. The minimum Gasteiger partial charge on any atom is -0.385 e. The number of amides is 1. The topological polar surface area (TPSA) is 58.2 Å². The van der Waals surface area contributed by atoms with E-state index in [2.05, 4.69) is 10.2 Å². The van der Waals surface area contributed by atoms with Gasteiger partial charge in [0, 0.05) is 31.4 Å². The molecule has 1 amide bonds. The molecule has 6 heteroatoms. The minimum atomic E-state index is -0.303. The predicted octanol–water partition coefficient (Wildman–Crippen LogP) is 3.80. The smallest absolute Gasteiger partial charge is 0.273 e. The number of hydrogen-bond acceptors (Lipinski definition) is 3. The highest BCUT2D eigenvalue weighted by atomic mass is 19.1. The van der Waals surface area contributed by atoms with Gasteiger partial charge in [-0.15, -0.1) is 0 Å². The maximum Gasteiger partial charge on any atom is 0.273 e. The van der Waals surface area contributed by atoms with Crippen LogP contribution in [0.4, 0.5) is 4.39 Å². The molecule has 2 aromatic carbocycles. The van der Waals surface area contributed by atoms with E-state index in [1.165, 1.54) is 12.1 Å². The lowest BCUT2D eigenvalue weighted by Crippen LogP contribution is -2.31. The molecule has 0 bridgehead atoms. The average molecular weight is 365 g/mol. The second-order valence-corrected chi connectivity index (χ2v) is 6.53. The Bertz CT molecular complexity index is 938. The van der Waals surface area contributed by atoms with Crippen LogP contribution in [0.25, 0.3) is 11.3 Å². The van der Waals surface area contributed by atoms with Crippen LogP contribution in [0.5, 0.6) is 0 Å². The predicted molar refractivity (Wildman–Crippen MR) is 99.8 cm³/mol. The number of carbonyl (C=O) groups is 1. The molecule has 1 aliphatic heterocycles. The molecule has 2 heterocycles. The molecule has 1 aromatic heterocycles. The van der Waals surface area contributed by atoms with Crippen molar-refractivity contribution >= 4 is 5.91 Å². The summed E-state index contributed by atoms with van der Waals surface area (Å²) in [4.78, 5) is 14.9. The van der Waals surface area contributed by atoms with Gasteiger partial charge in [-0.2, -0.15) is 5.10 Å². The fraction of sp³-hybridized carbons (Fsp3) is 0.238. The van der Waals surface area contributed by atoms with E-state index in [1.54, 1.807) is 19.2 Å². The Morgan fingerprint density at radius 1 is 1.15 bits per heavy atom. The highest BCUT2D eigenvalue weighted by Crippen LogP contribution is 2.42. The molecule has 27 heavy (non-hydrogen) atoms. The largest absolute Gasteiger partial charge is 0.385 e. The van der Waals surface area contributed by atoms with Gasteiger partial charge in [-0.3, -0.25) is 9.89 Å². The molecular formula is C21H20FN3O2. The third-order valence-electron chi connectivity index (χ3n) is 4.84. The summed E-state index contributed by atoms with van der Waals surface area (Å²) < 4.78 is 18.5. The highest BCUT2D eigenvalue weighted by Gasteiger charge is 2.41. The summed E-state index contributed by atoms with van der Waals surface area (Å²) in [7, 11) is 1.65. The normalized spacial score (nSPS) is 16.0. The molecule has 5 nitrogen and oxygen atoms in total. The Labute approximate surface area is 156 Å². The number of carbonyl (C=O) groups excluding carboxylic acids is 1. The molecule has 3 aromatic rings. The van der Waals surface area contributed by atoms with Crippen LogP contribution in [0.3, 0.4) is 0 Å². The molecule has 1 N–H and O–H groups in total. The molecule has 1 atom stereocenters. The summed E-state index contributed by atoms with van der Waals surface area (Å²) >= 11 is 0. The summed E-state index contributed by atoms with van der Waals surface area (Å²) in [5.41, 5.74) is 3.82. The number of methoxy groups -OCH3 is 1. The van der Waals surface area contributed by atoms with E-state index in [-0.39, 0.29) is 17.8 Å². The lowest BCUT2D eigenvalue weighted by Gasteiger charge is -2.26. The van der Waals surface area contributed by atoms with E-state index in [4.69, 9.17) is 4.74 Å². The summed E-state index contributed by atoms with van der Waals surface area (Å²) in [5, 5.41) is 7.28. The number of rotatable bonds is 6. The van der Waals surface area contributed by atoms with E-state index < -0.39 is 0 Å². The van der Waals surface area contributed by atoms with Crippen molar-refractivity contribution < 1.29 is 13.9 Å². The standard InChI is InChI=1S/C21H20FN3O2/c1-27-13-5-12-25-20(15-6-3-2-4-7-15)17-18(23-24-19(17)21(25)26)14-8-10-16(22)11-9-14/h2-4,6-11,20H,5,12-13H2,1H3,(H,23,24). The van der Waals surface area contributed by atoms with Crippen LogP contribution in [-0.2, 0) is 4.74 Å². The first-order valence-corrected chi connectivity index (χ1v) is 8.89. The van der Waals surface area contributed by atoms with Crippen LogP contribution in [0, 0.1) is 5.82 Å². The Morgan fingerprint density at radius 3 is 2.59 bits per heavy atom. The van der Waals surface area contributed by atoms with Gasteiger partial charge in [-0.1, -0.05) is 30.3 Å². The zero-order valence-electron chi connectivity index (χ0n) is 15.0. The second-order valence-electron chi connectivity index (χ2n) is 6.53. The Morgan fingerprint density at radius 2 is 1.89 bits per heavy atom. The SMILES string of the molecule is COCCCN1C(=O)c2[nH]nc(-c3ccc(F)cc3)c2C1c1ccccc1. The fourth-order valence-electron chi connectivity index (χ4n) is 3.62. The molecule has 0 fully saturated rings. The van der Waals surface area contributed by atoms with E-state index in [9.17, 15) is 9.18 Å². The Balaban J connectivity index is 1.80. The summed E-state index contributed by atoms with van der Waals surface area (Å²) in [5.74, 6) is -0.376. The number of hydrogen-bond donors (Lipinski definition) is 1. The molecule has 1 aliphatic rings. The number of aromatic amines is 1. The summed E-state index contributed by atoms with van der Waals surface area (Å²) in [6.07, 6.45) is 0.745. The van der Waals surface area contributed by atoms with Gasteiger partial charge >= 0.3 is 0 Å². The molecule has 0 spiro atoms. The van der Waals surface area contributed by atoms with Gasteiger partial charge in [-0.25, -0.2) is 4.39 Å². The van der Waals surface area contributed by atoms with Crippen LogP contribution in [0.2, 0.25) is 0 Å². The molecule has 0 aliphatic carbocycles. The Hall–Kier alpha value is -2.99. The number of fused-ring (bicyclic) bond motifs is 1.